The van der Waals surface area contributed by atoms with E-state index in [0.29, 0.717) is 20.4 Å². The van der Waals surface area contributed by atoms with E-state index < -0.39 is 34.6 Å². The molecule has 1 N–H and O–H groups in total. The first-order valence-electron chi connectivity index (χ1n) is 10.9. The minimum atomic E-state index is -0.942. The third kappa shape index (κ3) is 5.40. The van der Waals surface area contributed by atoms with Crippen LogP contribution >= 0.6 is 34.4 Å². The van der Waals surface area contributed by atoms with Crippen LogP contribution in [0.15, 0.2) is 47.6 Å². The number of hydrogen-bond donors (Lipinski definition) is 1. The maximum atomic E-state index is 14.6. The summed E-state index contributed by atoms with van der Waals surface area (Å²) in [5.41, 5.74) is 0.253. The zero-order valence-corrected chi connectivity index (χ0v) is 21.6. The van der Waals surface area contributed by atoms with E-state index in [-0.39, 0.29) is 11.6 Å². The van der Waals surface area contributed by atoms with Gasteiger partial charge in [-0.25, -0.2) is 18.2 Å². The Morgan fingerprint density at radius 2 is 1.82 bits per heavy atom. The smallest absolute Gasteiger partial charge is 0.274 e. The van der Waals surface area contributed by atoms with Crippen molar-refractivity contribution in [2.75, 3.05) is 11.6 Å². The summed E-state index contributed by atoms with van der Waals surface area (Å²) in [5, 5.41) is 2.82. The van der Waals surface area contributed by atoms with Crippen LogP contribution in [0.4, 0.5) is 18.9 Å². The molecule has 1 aromatic carbocycles. The molecule has 0 bridgehead atoms. The summed E-state index contributed by atoms with van der Waals surface area (Å²) in [6.45, 7) is 2.23. The second-order valence-corrected chi connectivity index (χ2v) is 11.2. The molecule has 0 radical (unpaired) electrons. The molecule has 1 saturated carbocycles. The topological polar surface area (TPSA) is 54.9 Å². The van der Waals surface area contributed by atoms with Crippen LogP contribution in [0.5, 0.6) is 0 Å². The summed E-state index contributed by atoms with van der Waals surface area (Å²) >= 11 is 3.63. The molecule has 1 amide bonds. The number of carbonyl (C=O) groups is 1. The van der Waals surface area contributed by atoms with Crippen LogP contribution in [-0.4, -0.2) is 26.1 Å². The van der Waals surface area contributed by atoms with E-state index in [4.69, 9.17) is 0 Å². The summed E-state index contributed by atoms with van der Waals surface area (Å²) in [6.07, 6.45) is 8.14. The number of amides is 1. The van der Waals surface area contributed by atoms with E-state index in [2.05, 4.69) is 44.8 Å². The molecule has 0 saturated heterocycles. The first-order valence-corrected chi connectivity index (χ1v) is 13.3. The zero-order valence-electron chi connectivity index (χ0n) is 18.6. The van der Waals surface area contributed by atoms with Crippen molar-refractivity contribution < 1.29 is 18.0 Å². The Morgan fingerprint density at radius 3 is 2.50 bits per heavy atom. The Kier molecular flexibility index (Phi) is 7.81. The lowest BCUT2D eigenvalue weighted by Gasteiger charge is -2.31. The van der Waals surface area contributed by atoms with Crippen molar-refractivity contribution in [2.24, 2.45) is 5.92 Å². The number of nitrogens with zero attached hydrogens (tertiary/aromatic N) is 2. The van der Waals surface area contributed by atoms with Gasteiger partial charge in [-0.1, -0.05) is 29.5 Å². The highest BCUT2D eigenvalue weighted by molar-refractivity contribution is 14.1. The summed E-state index contributed by atoms with van der Waals surface area (Å²) in [5.74, 6) is -2.56. The largest absolute Gasteiger partial charge is 0.319 e. The molecule has 0 spiro atoms. The van der Waals surface area contributed by atoms with Crippen molar-refractivity contribution in [1.82, 2.24) is 9.97 Å². The molecular weight excluding hydrogens is 574 g/mol. The summed E-state index contributed by atoms with van der Waals surface area (Å²) in [6, 6.07) is 6.32. The molecule has 3 aromatic rings. The number of carbonyl (C=O) groups excluding carboxylic acids is 1. The van der Waals surface area contributed by atoms with Gasteiger partial charge in [0.2, 0.25) is 0 Å². The molecule has 34 heavy (non-hydrogen) atoms. The van der Waals surface area contributed by atoms with Crippen molar-refractivity contribution in [2.45, 2.75) is 40.9 Å². The number of benzene rings is 1. The Balaban J connectivity index is 1.64. The van der Waals surface area contributed by atoms with Gasteiger partial charge in [-0.15, -0.1) is 11.8 Å². The lowest BCUT2D eigenvalue weighted by Crippen LogP contribution is -2.22. The maximum absolute atomic E-state index is 14.6. The van der Waals surface area contributed by atoms with E-state index in [1.807, 2.05) is 6.07 Å². The molecule has 178 valence electrons. The van der Waals surface area contributed by atoms with Crippen LogP contribution in [0.2, 0.25) is 0 Å². The quantitative estimate of drug-likeness (QED) is 0.192. The first-order chi connectivity index (χ1) is 16.3. The number of nitrogens with one attached hydrogen (secondary N) is 1. The third-order valence-corrected chi connectivity index (χ3v) is 7.72. The van der Waals surface area contributed by atoms with Crippen molar-refractivity contribution in [1.29, 1.82) is 0 Å². The molecule has 1 aliphatic rings. The van der Waals surface area contributed by atoms with E-state index in [9.17, 15) is 18.0 Å². The fourth-order valence-corrected chi connectivity index (χ4v) is 6.39. The van der Waals surface area contributed by atoms with Gasteiger partial charge in [0.25, 0.3) is 5.91 Å². The van der Waals surface area contributed by atoms with E-state index in [1.165, 1.54) is 6.07 Å². The lowest BCUT2D eigenvalue weighted by atomic mass is 9.78. The standard InChI is InChI=1S/C25H23F3IN3OS/c1-13-7-14(9-15(29)8-13)17-5-6-30-12-22(17)32-25(33)21-4-3-18(26)24(31-21)23-19(27)10-16(34-2)11-20(23)28/h3-6,10-15H,7-9H2,1-2H3,(H,32,33)/t13-,14?,15?/m0/s1. The molecule has 2 aromatic heterocycles. The minimum Gasteiger partial charge on any atom is -0.319 e. The van der Waals surface area contributed by atoms with Crippen molar-refractivity contribution >= 4 is 45.9 Å². The fraction of sp³-hybridized carbons (Fsp3) is 0.320. The number of aromatic nitrogens is 2. The second kappa shape index (κ2) is 10.6. The number of anilines is 1. The van der Waals surface area contributed by atoms with Gasteiger partial charge >= 0.3 is 0 Å². The monoisotopic (exact) mass is 597 g/mol. The average molecular weight is 597 g/mol. The van der Waals surface area contributed by atoms with Crippen LogP contribution in [0, 0.1) is 23.4 Å². The normalized spacial score (nSPS) is 20.2. The van der Waals surface area contributed by atoms with Gasteiger partial charge < -0.3 is 5.32 Å². The molecule has 2 heterocycles. The second-order valence-electron chi connectivity index (χ2n) is 8.52. The minimum absolute atomic E-state index is 0.150. The Morgan fingerprint density at radius 1 is 1.09 bits per heavy atom. The molecule has 1 fully saturated rings. The van der Waals surface area contributed by atoms with Gasteiger partial charge in [0, 0.05) is 15.0 Å². The maximum Gasteiger partial charge on any atom is 0.274 e. The Bertz CT molecular complexity index is 1190. The highest BCUT2D eigenvalue weighted by atomic mass is 127. The van der Waals surface area contributed by atoms with Crippen molar-refractivity contribution in [3.63, 3.8) is 0 Å². The fourth-order valence-electron chi connectivity index (χ4n) is 4.46. The van der Waals surface area contributed by atoms with Crippen molar-refractivity contribution in [3.8, 4) is 11.3 Å². The van der Waals surface area contributed by atoms with Crippen LogP contribution in [0.1, 0.15) is 48.2 Å². The predicted octanol–water partition coefficient (Wildman–Crippen LogP) is 7.24. The molecule has 4 rings (SSSR count). The lowest BCUT2D eigenvalue weighted by molar-refractivity contribution is 0.102. The predicted molar refractivity (Wildman–Crippen MR) is 137 cm³/mol. The van der Waals surface area contributed by atoms with Gasteiger partial charge in [-0.3, -0.25) is 9.78 Å². The van der Waals surface area contributed by atoms with Crippen LogP contribution in [-0.2, 0) is 0 Å². The van der Waals surface area contributed by atoms with Crippen molar-refractivity contribution in [3.05, 3.63) is 71.4 Å². The number of rotatable bonds is 5. The zero-order chi connectivity index (χ0) is 24.4. The molecule has 9 heteroatoms. The summed E-state index contributed by atoms with van der Waals surface area (Å²) in [7, 11) is 0. The van der Waals surface area contributed by atoms with Gasteiger partial charge in [0.05, 0.1) is 17.4 Å². The number of hydrogen-bond acceptors (Lipinski definition) is 4. The highest BCUT2D eigenvalue weighted by Gasteiger charge is 2.28. The third-order valence-electron chi connectivity index (χ3n) is 5.99. The number of halogens is 4. The summed E-state index contributed by atoms with van der Waals surface area (Å²) < 4.78 is 44.3. The number of thioether (sulfide) groups is 1. The van der Waals surface area contributed by atoms with Gasteiger partial charge in [-0.05, 0) is 73.2 Å². The molecule has 2 unspecified atom stereocenters. The Hall–Kier alpha value is -2.14. The van der Waals surface area contributed by atoms with Gasteiger partial charge in [0.1, 0.15) is 28.8 Å². The molecule has 0 aliphatic heterocycles. The Labute approximate surface area is 214 Å². The van der Waals surface area contributed by atoms with E-state index >= 15 is 0 Å². The van der Waals surface area contributed by atoms with Crippen LogP contribution in [0.3, 0.4) is 0 Å². The van der Waals surface area contributed by atoms with Gasteiger partial charge in [-0.2, -0.15) is 0 Å². The molecule has 4 nitrogen and oxygen atoms in total. The van der Waals surface area contributed by atoms with Crippen LogP contribution < -0.4 is 5.32 Å². The summed E-state index contributed by atoms with van der Waals surface area (Å²) in [4.78, 5) is 21.5. The SMILES string of the molecule is CSc1cc(F)c(-c2nc(C(=O)Nc3cnccc3C3CC(I)C[C@@H](C)C3)ccc2F)c(F)c1. The molecule has 3 atom stereocenters. The van der Waals surface area contributed by atoms with E-state index in [0.717, 1.165) is 54.8 Å². The van der Waals surface area contributed by atoms with Crippen LogP contribution in [0.25, 0.3) is 11.3 Å². The van der Waals surface area contributed by atoms with E-state index in [1.54, 1.807) is 18.6 Å². The number of alkyl halides is 1. The first kappa shape index (κ1) is 25.0. The number of pyridine rings is 2. The highest BCUT2D eigenvalue weighted by Crippen LogP contribution is 2.41. The van der Waals surface area contributed by atoms with Gasteiger partial charge in [0.15, 0.2) is 0 Å². The molecule has 1 aliphatic carbocycles. The molecular formula is C25H23F3IN3OS. The average Bonchev–Trinajstić information content (AvgIpc) is 2.79.